The maximum absolute atomic E-state index is 14.9. The van der Waals surface area contributed by atoms with E-state index >= 15 is 0 Å². The summed E-state index contributed by atoms with van der Waals surface area (Å²) in [6, 6.07) is 7.01. The van der Waals surface area contributed by atoms with Crippen LogP contribution in [0, 0.1) is 12.7 Å². The number of aromatic nitrogens is 1. The average Bonchev–Trinajstić information content (AvgIpc) is 2.98. The largest absolute Gasteiger partial charge is 0.505 e. The second-order valence-corrected chi connectivity index (χ2v) is 7.35. The van der Waals surface area contributed by atoms with Crippen molar-refractivity contribution in [1.29, 1.82) is 0 Å². The van der Waals surface area contributed by atoms with Gasteiger partial charge >= 0.3 is 5.97 Å². The van der Waals surface area contributed by atoms with Crippen molar-refractivity contribution in [1.82, 2.24) is 4.57 Å². The summed E-state index contributed by atoms with van der Waals surface area (Å²) in [5.41, 5.74) is 1.10. The van der Waals surface area contributed by atoms with Crippen LogP contribution in [0.15, 0.2) is 30.3 Å². The van der Waals surface area contributed by atoms with E-state index in [1.54, 1.807) is 20.8 Å². The van der Waals surface area contributed by atoms with Crippen LogP contribution in [0.5, 0.6) is 5.75 Å². The van der Waals surface area contributed by atoms with Crippen molar-refractivity contribution >= 4 is 46.0 Å². The highest BCUT2D eigenvalue weighted by atomic mass is 35.5. The zero-order chi connectivity index (χ0) is 21.5. The standard InChI is InChI=1S/C21H18Cl2FNO4/c1-4-29-21(28)10(2)17-11(3)25(15-7-8-16(26)19(24)18(15)17)20(27)12-5-6-13(22)14(23)9-12/h5-10,26H,4H2,1-3H3/t10-/m1/s1. The molecule has 1 aromatic heterocycles. The van der Waals surface area contributed by atoms with Crippen molar-refractivity contribution in [3.63, 3.8) is 0 Å². The third-order valence-electron chi connectivity index (χ3n) is 4.78. The Morgan fingerprint density at radius 2 is 1.90 bits per heavy atom. The molecule has 1 N–H and O–H groups in total. The van der Waals surface area contributed by atoms with E-state index in [1.807, 2.05) is 0 Å². The van der Waals surface area contributed by atoms with Crippen LogP contribution in [-0.4, -0.2) is 28.2 Å². The van der Waals surface area contributed by atoms with E-state index in [-0.39, 0.29) is 33.7 Å². The van der Waals surface area contributed by atoms with Crippen LogP contribution in [-0.2, 0) is 9.53 Å². The molecule has 0 fully saturated rings. The average molecular weight is 438 g/mol. The fourth-order valence-corrected chi connectivity index (χ4v) is 3.71. The van der Waals surface area contributed by atoms with Crippen LogP contribution in [0.2, 0.25) is 10.0 Å². The minimum atomic E-state index is -0.905. The molecule has 0 spiro atoms. The van der Waals surface area contributed by atoms with Gasteiger partial charge in [0.05, 0.1) is 28.1 Å². The van der Waals surface area contributed by atoms with Gasteiger partial charge in [0.15, 0.2) is 11.6 Å². The van der Waals surface area contributed by atoms with Gasteiger partial charge in [-0.05, 0) is 56.7 Å². The molecule has 152 valence electrons. The summed E-state index contributed by atoms with van der Waals surface area (Å²) in [5, 5.41) is 10.4. The quantitative estimate of drug-likeness (QED) is 0.550. The highest BCUT2D eigenvalue weighted by Crippen LogP contribution is 2.37. The molecule has 0 saturated carbocycles. The van der Waals surface area contributed by atoms with E-state index in [4.69, 9.17) is 27.9 Å². The van der Waals surface area contributed by atoms with Gasteiger partial charge in [-0.15, -0.1) is 0 Å². The van der Waals surface area contributed by atoms with Crippen molar-refractivity contribution < 1.29 is 23.8 Å². The van der Waals surface area contributed by atoms with Crippen LogP contribution in [0.1, 0.15) is 41.4 Å². The number of benzene rings is 2. The van der Waals surface area contributed by atoms with Gasteiger partial charge in [0.1, 0.15) is 0 Å². The molecule has 5 nitrogen and oxygen atoms in total. The van der Waals surface area contributed by atoms with E-state index in [9.17, 15) is 19.1 Å². The number of esters is 1. The van der Waals surface area contributed by atoms with Gasteiger partial charge in [-0.25, -0.2) is 4.39 Å². The normalized spacial score (nSPS) is 12.2. The first-order chi connectivity index (χ1) is 13.7. The van der Waals surface area contributed by atoms with Gasteiger partial charge in [0.25, 0.3) is 5.91 Å². The maximum Gasteiger partial charge on any atom is 0.313 e. The molecule has 8 heteroatoms. The minimum Gasteiger partial charge on any atom is -0.505 e. The molecule has 2 aromatic carbocycles. The summed E-state index contributed by atoms with van der Waals surface area (Å²) in [7, 11) is 0. The number of carbonyl (C=O) groups excluding carboxylic acids is 2. The molecule has 0 amide bonds. The molecule has 0 unspecified atom stereocenters. The Kier molecular flexibility index (Phi) is 5.87. The van der Waals surface area contributed by atoms with E-state index in [1.165, 1.54) is 28.8 Å². The molecule has 0 saturated heterocycles. The van der Waals surface area contributed by atoms with Gasteiger partial charge < -0.3 is 9.84 Å². The fraction of sp³-hybridized carbons (Fsp3) is 0.238. The first-order valence-corrected chi connectivity index (χ1v) is 9.63. The topological polar surface area (TPSA) is 68.5 Å². The number of carbonyl (C=O) groups is 2. The van der Waals surface area contributed by atoms with Crippen LogP contribution >= 0.6 is 23.2 Å². The first kappa shape index (κ1) is 21.1. The lowest BCUT2D eigenvalue weighted by Crippen LogP contribution is -2.16. The highest BCUT2D eigenvalue weighted by Gasteiger charge is 2.30. The number of aromatic hydroxyl groups is 1. The molecular weight excluding hydrogens is 420 g/mol. The van der Waals surface area contributed by atoms with Crippen LogP contribution in [0.3, 0.4) is 0 Å². The van der Waals surface area contributed by atoms with E-state index in [2.05, 4.69) is 0 Å². The van der Waals surface area contributed by atoms with Crippen LogP contribution in [0.25, 0.3) is 10.9 Å². The fourth-order valence-electron chi connectivity index (χ4n) is 3.41. The van der Waals surface area contributed by atoms with Crippen molar-refractivity contribution in [3.05, 3.63) is 63.0 Å². The number of phenolic OH excluding ortho intramolecular Hbond substituents is 1. The Labute approximate surface area is 176 Å². The molecule has 0 radical (unpaired) electrons. The Morgan fingerprint density at radius 3 is 2.52 bits per heavy atom. The number of ether oxygens (including phenoxy) is 1. The van der Waals surface area contributed by atoms with Crippen molar-refractivity contribution in [2.75, 3.05) is 6.61 Å². The molecular formula is C21H18Cl2FNO4. The van der Waals surface area contributed by atoms with Crippen molar-refractivity contribution in [2.45, 2.75) is 26.7 Å². The molecule has 1 atom stereocenters. The lowest BCUT2D eigenvalue weighted by atomic mass is 9.97. The lowest BCUT2D eigenvalue weighted by Gasteiger charge is -2.12. The zero-order valence-corrected chi connectivity index (χ0v) is 17.4. The van der Waals surface area contributed by atoms with E-state index in [0.29, 0.717) is 10.7 Å². The smallest absolute Gasteiger partial charge is 0.313 e. The zero-order valence-electron chi connectivity index (χ0n) is 15.9. The van der Waals surface area contributed by atoms with Crippen LogP contribution < -0.4 is 0 Å². The van der Waals surface area contributed by atoms with Gasteiger partial charge in [0, 0.05) is 16.6 Å². The van der Waals surface area contributed by atoms with Gasteiger partial charge in [-0.1, -0.05) is 23.2 Å². The van der Waals surface area contributed by atoms with E-state index in [0.717, 1.165) is 6.07 Å². The van der Waals surface area contributed by atoms with E-state index < -0.39 is 29.4 Å². The van der Waals surface area contributed by atoms with Crippen molar-refractivity contribution in [2.24, 2.45) is 0 Å². The number of hydrogen-bond acceptors (Lipinski definition) is 4. The predicted molar refractivity (Wildman–Crippen MR) is 110 cm³/mol. The van der Waals surface area contributed by atoms with Crippen LogP contribution in [0.4, 0.5) is 4.39 Å². The third kappa shape index (κ3) is 3.58. The SMILES string of the molecule is CCOC(=O)[C@H](C)c1c(C)n(C(=O)c2ccc(Cl)c(Cl)c2)c2ccc(O)c(F)c12. The first-order valence-electron chi connectivity index (χ1n) is 8.87. The molecule has 3 rings (SSSR count). The summed E-state index contributed by atoms with van der Waals surface area (Å²) in [6.07, 6.45) is 0. The number of nitrogens with zero attached hydrogens (tertiary/aromatic N) is 1. The summed E-state index contributed by atoms with van der Waals surface area (Å²) < 4.78 is 21.2. The molecule has 1 heterocycles. The summed E-state index contributed by atoms with van der Waals surface area (Å²) >= 11 is 12.0. The summed E-state index contributed by atoms with van der Waals surface area (Å²) in [4.78, 5) is 25.6. The third-order valence-corrected chi connectivity index (χ3v) is 5.52. The second kappa shape index (κ2) is 8.05. The minimum absolute atomic E-state index is 0.00327. The molecule has 0 aliphatic carbocycles. The highest BCUT2D eigenvalue weighted by molar-refractivity contribution is 6.42. The molecule has 0 aliphatic rings. The number of rotatable bonds is 4. The number of fused-ring (bicyclic) bond motifs is 1. The number of hydrogen-bond donors (Lipinski definition) is 1. The molecule has 0 aliphatic heterocycles. The van der Waals surface area contributed by atoms with Gasteiger partial charge in [-0.2, -0.15) is 0 Å². The second-order valence-electron chi connectivity index (χ2n) is 6.54. The Balaban J connectivity index is 2.29. The monoisotopic (exact) mass is 437 g/mol. The van der Waals surface area contributed by atoms with Gasteiger partial charge in [-0.3, -0.25) is 14.2 Å². The summed E-state index contributed by atoms with van der Waals surface area (Å²) in [6.45, 7) is 5.01. The Morgan fingerprint density at radius 1 is 1.21 bits per heavy atom. The lowest BCUT2D eigenvalue weighted by molar-refractivity contribution is -0.144. The number of halogens is 3. The molecule has 3 aromatic rings. The Bertz CT molecular complexity index is 1140. The van der Waals surface area contributed by atoms with Gasteiger partial charge in [0.2, 0.25) is 0 Å². The molecule has 29 heavy (non-hydrogen) atoms. The predicted octanol–water partition coefficient (Wildman–Crippen LogP) is 5.46. The van der Waals surface area contributed by atoms with Crippen molar-refractivity contribution in [3.8, 4) is 5.75 Å². The maximum atomic E-state index is 14.9. The Hall–Kier alpha value is -2.57. The summed E-state index contributed by atoms with van der Waals surface area (Å²) in [5.74, 6) is -3.36. The molecule has 0 bridgehead atoms. The number of phenols is 1.